The summed E-state index contributed by atoms with van der Waals surface area (Å²) < 4.78 is 12.9. The lowest BCUT2D eigenvalue weighted by Gasteiger charge is -2.31. The van der Waals surface area contributed by atoms with E-state index in [1.54, 1.807) is 7.11 Å². The van der Waals surface area contributed by atoms with Crippen LogP contribution in [0.1, 0.15) is 5.82 Å². The largest absolute Gasteiger partial charge is 0.497 e. The number of nitrogens with zero attached hydrogens (tertiary/aromatic N) is 3. The Kier molecular flexibility index (Phi) is 3.98. The number of benzene rings is 1. The summed E-state index contributed by atoms with van der Waals surface area (Å²) in [6, 6.07) is 5.98. The molecule has 3 rings (SSSR count). The molecule has 0 saturated carbocycles. The molecular weight excluding hydrogens is 278 g/mol. The number of imidazole rings is 1. The summed E-state index contributed by atoms with van der Waals surface area (Å²) in [6.07, 6.45) is 0.746. The van der Waals surface area contributed by atoms with Crippen molar-refractivity contribution in [3.05, 3.63) is 24.0 Å². The molecule has 0 atom stereocenters. The van der Waals surface area contributed by atoms with Gasteiger partial charge >= 0.3 is 0 Å². The monoisotopic (exact) mass is 295 g/mol. The number of ether oxygens (including phenoxy) is 2. The van der Waals surface area contributed by atoms with E-state index in [9.17, 15) is 0 Å². The molecule has 1 saturated heterocycles. The molecule has 1 aliphatic heterocycles. The van der Waals surface area contributed by atoms with E-state index in [0.717, 1.165) is 55.3 Å². The van der Waals surface area contributed by atoms with Gasteiger partial charge in [0.1, 0.15) is 11.6 Å². The van der Waals surface area contributed by atoms with Gasteiger partial charge in [0.05, 0.1) is 44.4 Å². The Morgan fingerprint density at radius 1 is 1.35 bits per heavy atom. The first-order chi connectivity index (χ1) is 9.83. The molecule has 2 heterocycles. The zero-order valence-electron chi connectivity index (χ0n) is 11.5. The van der Waals surface area contributed by atoms with Crippen molar-refractivity contribution in [2.24, 2.45) is 0 Å². The molecule has 0 aliphatic carbocycles. The number of fused-ring (bicyclic) bond motifs is 1. The number of rotatable bonds is 4. The molecule has 1 fully saturated rings. The van der Waals surface area contributed by atoms with Crippen LogP contribution >= 0.6 is 11.6 Å². The highest BCUT2D eigenvalue weighted by Gasteiger charge is 2.18. The Balaban J connectivity index is 2.08. The van der Waals surface area contributed by atoms with E-state index in [4.69, 9.17) is 26.1 Å². The summed E-state index contributed by atoms with van der Waals surface area (Å²) in [6.45, 7) is 3.23. The number of hydrogen-bond donors (Lipinski definition) is 0. The fraction of sp³-hybridized carbons (Fsp3) is 0.500. The minimum Gasteiger partial charge on any atom is -0.497 e. The number of hydrogen-bond acceptors (Lipinski definition) is 4. The summed E-state index contributed by atoms with van der Waals surface area (Å²) in [5, 5.41) is 2.27. The second-order valence-corrected chi connectivity index (χ2v) is 5.08. The van der Waals surface area contributed by atoms with Crippen LogP contribution < -0.4 is 9.75 Å². The molecule has 0 spiro atoms. The molecule has 1 aliphatic rings. The number of halogens is 1. The first-order valence-corrected chi connectivity index (χ1v) is 7.31. The molecule has 0 unspecified atom stereocenters. The zero-order chi connectivity index (χ0) is 13.9. The maximum atomic E-state index is 5.91. The summed E-state index contributed by atoms with van der Waals surface area (Å²) in [4.78, 5) is 4.70. The van der Waals surface area contributed by atoms with Crippen LogP contribution in [0.5, 0.6) is 5.75 Å². The Bertz CT molecular complexity index is 593. The van der Waals surface area contributed by atoms with Crippen LogP contribution in [0.3, 0.4) is 0 Å². The van der Waals surface area contributed by atoms with E-state index in [2.05, 4.69) is 9.69 Å². The van der Waals surface area contributed by atoms with Gasteiger partial charge in [0.15, 0.2) is 0 Å². The van der Waals surface area contributed by atoms with E-state index in [0.29, 0.717) is 5.88 Å². The highest BCUT2D eigenvalue weighted by molar-refractivity contribution is 6.17. The third-order valence-corrected chi connectivity index (χ3v) is 3.68. The van der Waals surface area contributed by atoms with Gasteiger partial charge < -0.3 is 14.5 Å². The van der Waals surface area contributed by atoms with E-state index in [1.165, 1.54) is 0 Å². The van der Waals surface area contributed by atoms with Gasteiger partial charge in [-0.3, -0.25) is 0 Å². The normalized spacial score (nSPS) is 15.8. The van der Waals surface area contributed by atoms with Crippen LogP contribution in [-0.4, -0.2) is 49.0 Å². The van der Waals surface area contributed by atoms with Gasteiger partial charge in [-0.15, -0.1) is 11.6 Å². The smallest absolute Gasteiger partial charge is 0.130 e. The van der Waals surface area contributed by atoms with Gasteiger partial charge in [-0.1, -0.05) is 0 Å². The van der Waals surface area contributed by atoms with Crippen molar-refractivity contribution in [1.82, 2.24) is 9.66 Å². The Morgan fingerprint density at radius 3 is 2.85 bits per heavy atom. The minimum absolute atomic E-state index is 0.560. The maximum absolute atomic E-state index is 5.91. The van der Waals surface area contributed by atoms with Gasteiger partial charge in [0.25, 0.3) is 0 Å². The third kappa shape index (κ3) is 2.43. The Labute approximate surface area is 123 Å². The fourth-order valence-electron chi connectivity index (χ4n) is 2.54. The number of aryl methyl sites for hydroxylation is 1. The second-order valence-electron chi connectivity index (χ2n) is 4.70. The molecule has 0 N–H and O–H groups in total. The molecule has 0 bridgehead atoms. The van der Waals surface area contributed by atoms with Crippen molar-refractivity contribution >= 4 is 22.6 Å². The van der Waals surface area contributed by atoms with E-state index in [1.807, 2.05) is 18.2 Å². The average Bonchev–Trinajstić information content (AvgIpc) is 2.85. The molecule has 20 heavy (non-hydrogen) atoms. The topological polar surface area (TPSA) is 39.5 Å². The van der Waals surface area contributed by atoms with E-state index in [-0.39, 0.29) is 0 Å². The predicted molar refractivity (Wildman–Crippen MR) is 79.5 cm³/mol. The first-order valence-electron chi connectivity index (χ1n) is 6.78. The molecular formula is C14H18ClN3O2. The highest BCUT2D eigenvalue weighted by atomic mass is 35.5. The average molecular weight is 296 g/mol. The maximum Gasteiger partial charge on any atom is 0.130 e. The lowest BCUT2D eigenvalue weighted by molar-refractivity contribution is 0.111. The summed E-state index contributed by atoms with van der Waals surface area (Å²) in [5.74, 6) is 2.37. The SMILES string of the molecule is COc1ccc2c(c1)nc(CCCl)n2N1CCOCC1. The summed E-state index contributed by atoms with van der Waals surface area (Å²) in [5.41, 5.74) is 2.03. The van der Waals surface area contributed by atoms with Crippen LogP contribution in [0.2, 0.25) is 0 Å². The molecule has 1 aromatic heterocycles. The van der Waals surface area contributed by atoms with Crippen LogP contribution in [0.25, 0.3) is 11.0 Å². The molecule has 1 aromatic carbocycles. The van der Waals surface area contributed by atoms with Gasteiger partial charge in [-0.05, 0) is 12.1 Å². The minimum atomic E-state index is 0.560. The lowest BCUT2D eigenvalue weighted by atomic mass is 10.3. The Hall–Kier alpha value is -1.46. The van der Waals surface area contributed by atoms with Crippen LogP contribution in [0.4, 0.5) is 0 Å². The molecule has 0 amide bonds. The third-order valence-electron chi connectivity index (χ3n) is 3.49. The van der Waals surface area contributed by atoms with Crippen molar-refractivity contribution in [3.63, 3.8) is 0 Å². The van der Waals surface area contributed by atoms with E-state index >= 15 is 0 Å². The fourth-order valence-corrected chi connectivity index (χ4v) is 2.71. The number of morpholine rings is 1. The Morgan fingerprint density at radius 2 is 2.15 bits per heavy atom. The summed E-state index contributed by atoms with van der Waals surface area (Å²) in [7, 11) is 1.67. The van der Waals surface area contributed by atoms with Crippen LogP contribution in [0.15, 0.2) is 18.2 Å². The second kappa shape index (κ2) is 5.89. The highest BCUT2D eigenvalue weighted by Crippen LogP contribution is 2.23. The molecule has 0 radical (unpaired) electrons. The zero-order valence-corrected chi connectivity index (χ0v) is 12.3. The number of alkyl halides is 1. The lowest BCUT2D eigenvalue weighted by Crippen LogP contribution is -2.44. The van der Waals surface area contributed by atoms with Crippen molar-refractivity contribution in [2.45, 2.75) is 6.42 Å². The van der Waals surface area contributed by atoms with Crippen LogP contribution in [-0.2, 0) is 11.2 Å². The van der Waals surface area contributed by atoms with Crippen molar-refractivity contribution in [3.8, 4) is 5.75 Å². The standard InChI is InChI=1S/C14H18ClN3O2/c1-19-11-2-3-13-12(10-11)16-14(4-5-15)18(13)17-6-8-20-9-7-17/h2-3,10H,4-9H2,1H3. The van der Waals surface area contributed by atoms with Gasteiger partial charge in [0, 0.05) is 18.4 Å². The number of aromatic nitrogens is 2. The van der Waals surface area contributed by atoms with Crippen LogP contribution in [0, 0.1) is 0 Å². The van der Waals surface area contributed by atoms with Crippen molar-refractivity contribution < 1.29 is 9.47 Å². The van der Waals surface area contributed by atoms with Gasteiger partial charge in [-0.2, -0.15) is 0 Å². The van der Waals surface area contributed by atoms with Gasteiger partial charge in [-0.25, -0.2) is 9.66 Å². The number of methoxy groups -OCH3 is 1. The molecule has 2 aromatic rings. The van der Waals surface area contributed by atoms with Gasteiger partial charge in [0.2, 0.25) is 0 Å². The summed E-state index contributed by atoms with van der Waals surface area (Å²) >= 11 is 5.91. The van der Waals surface area contributed by atoms with E-state index < -0.39 is 0 Å². The predicted octanol–water partition coefficient (Wildman–Crippen LogP) is 1.79. The molecule has 108 valence electrons. The molecule has 5 nitrogen and oxygen atoms in total. The molecule has 6 heteroatoms. The first kappa shape index (κ1) is 13.5. The van der Waals surface area contributed by atoms with Crippen molar-refractivity contribution in [2.75, 3.05) is 44.3 Å². The quantitative estimate of drug-likeness (QED) is 0.806. The van der Waals surface area contributed by atoms with Crippen molar-refractivity contribution in [1.29, 1.82) is 0 Å².